The normalized spacial score (nSPS) is 16.5. The van der Waals surface area contributed by atoms with Gasteiger partial charge in [0, 0.05) is 30.0 Å². The summed E-state index contributed by atoms with van der Waals surface area (Å²) in [7, 11) is -2.20. The van der Waals surface area contributed by atoms with Crippen LogP contribution in [0.15, 0.2) is 0 Å². The maximum Gasteiger partial charge on any atom is 0.417 e. The van der Waals surface area contributed by atoms with Crippen LogP contribution < -0.4 is 0 Å². The van der Waals surface area contributed by atoms with Crippen LogP contribution in [0, 0.1) is 0 Å². The lowest BCUT2D eigenvalue weighted by Gasteiger charge is -2.29. The van der Waals surface area contributed by atoms with Crippen molar-refractivity contribution in [2.45, 2.75) is 65.7 Å². The zero-order valence-electron chi connectivity index (χ0n) is 13.0. The van der Waals surface area contributed by atoms with Crippen LogP contribution >= 0.6 is 30.6 Å². The Morgan fingerprint density at radius 2 is 1.75 bits per heavy atom. The Hall–Kier alpha value is 0.310. The van der Waals surface area contributed by atoms with Gasteiger partial charge in [-0.05, 0) is 33.6 Å². The lowest BCUT2D eigenvalue weighted by molar-refractivity contribution is -0.152. The first-order chi connectivity index (χ1) is 9.21. The second-order valence-electron chi connectivity index (χ2n) is 4.65. The molecule has 6 nitrogen and oxygen atoms in total. The highest BCUT2D eigenvalue weighted by atomic mass is 127. The number of carbonyl (C=O) groups is 1. The van der Waals surface area contributed by atoms with E-state index in [1.807, 2.05) is 13.8 Å². The molecule has 0 spiro atoms. The molecule has 20 heavy (non-hydrogen) atoms. The molecule has 0 aromatic carbocycles. The molecule has 0 radical (unpaired) electrons. The predicted octanol–water partition coefficient (Wildman–Crippen LogP) is 3.94. The van der Waals surface area contributed by atoms with Gasteiger partial charge in [-0.25, -0.2) is 4.57 Å². The molecule has 120 valence electrons. The highest BCUT2D eigenvalue weighted by Crippen LogP contribution is 2.55. The highest BCUT2D eigenvalue weighted by molar-refractivity contribution is 14.1. The number of ether oxygens (including phenoxy) is 1. The molecule has 0 N–H and O–H groups in total. The molecular formula is C12H25INO5P. The van der Waals surface area contributed by atoms with Crippen LogP contribution in [0.5, 0.6) is 0 Å². The van der Waals surface area contributed by atoms with Crippen molar-refractivity contribution in [3.8, 4) is 0 Å². The van der Waals surface area contributed by atoms with Crippen LogP contribution in [0.1, 0.15) is 47.5 Å². The summed E-state index contributed by atoms with van der Waals surface area (Å²) in [6.45, 7) is 9.03. The Balaban J connectivity index is 4.85. The Kier molecular flexibility index (Phi) is 9.50. The minimum absolute atomic E-state index is 0.123. The summed E-state index contributed by atoms with van der Waals surface area (Å²) in [4.78, 5) is 12.1. The molecule has 0 saturated carbocycles. The van der Waals surface area contributed by atoms with Gasteiger partial charge in [0.25, 0.3) is 0 Å². The van der Waals surface area contributed by atoms with Gasteiger partial charge in [0.2, 0.25) is 0 Å². The van der Waals surface area contributed by atoms with Crippen LogP contribution in [-0.4, -0.2) is 34.2 Å². The van der Waals surface area contributed by atoms with Gasteiger partial charge in [-0.1, -0.05) is 13.8 Å². The molecule has 0 amide bonds. The van der Waals surface area contributed by atoms with Gasteiger partial charge >= 0.3 is 13.7 Å². The maximum atomic E-state index is 12.5. The standard InChI is InChI=1S/C12H25INO5P/c1-7-11(8-2)18-12(15)10(5)14(13)20(16,17-6)19-9(3)4/h9-11H,7-8H2,1-6H3. The average molecular weight is 421 g/mol. The molecule has 2 atom stereocenters. The first kappa shape index (κ1) is 20.3. The lowest BCUT2D eigenvalue weighted by Crippen LogP contribution is -2.35. The van der Waals surface area contributed by atoms with E-state index in [1.54, 1.807) is 43.6 Å². The molecule has 0 aliphatic carbocycles. The average Bonchev–Trinajstić information content (AvgIpc) is 2.41. The molecule has 0 fully saturated rings. The predicted molar refractivity (Wildman–Crippen MR) is 86.6 cm³/mol. The number of hydrogen-bond donors (Lipinski definition) is 0. The third-order valence-electron chi connectivity index (χ3n) is 2.66. The van der Waals surface area contributed by atoms with Crippen molar-refractivity contribution in [3.63, 3.8) is 0 Å². The van der Waals surface area contributed by atoms with Gasteiger partial charge < -0.3 is 4.74 Å². The first-order valence-corrected chi connectivity index (χ1v) is 9.17. The molecule has 2 unspecified atom stereocenters. The summed E-state index contributed by atoms with van der Waals surface area (Å²) < 4.78 is 29.5. The van der Waals surface area contributed by atoms with E-state index < -0.39 is 19.8 Å². The molecule has 0 bridgehead atoms. The van der Waals surface area contributed by atoms with E-state index in [0.29, 0.717) is 0 Å². The highest BCUT2D eigenvalue weighted by Gasteiger charge is 2.39. The molecule has 0 aromatic rings. The van der Waals surface area contributed by atoms with E-state index in [-0.39, 0.29) is 12.2 Å². The van der Waals surface area contributed by atoms with Crippen molar-refractivity contribution in [1.29, 1.82) is 0 Å². The van der Waals surface area contributed by atoms with Gasteiger partial charge in [0.1, 0.15) is 12.1 Å². The van der Waals surface area contributed by atoms with Gasteiger partial charge in [-0.3, -0.25) is 13.8 Å². The summed E-state index contributed by atoms with van der Waals surface area (Å²) in [6, 6.07) is -0.722. The van der Waals surface area contributed by atoms with Crippen molar-refractivity contribution in [1.82, 2.24) is 2.88 Å². The van der Waals surface area contributed by atoms with E-state index in [2.05, 4.69) is 0 Å². The fourth-order valence-electron chi connectivity index (χ4n) is 1.45. The van der Waals surface area contributed by atoms with Crippen LogP contribution in [0.25, 0.3) is 0 Å². The Morgan fingerprint density at radius 1 is 1.25 bits per heavy atom. The van der Waals surface area contributed by atoms with Crippen molar-refractivity contribution in [2.24, 2.45) is 0 Å². The van der Waals surface area contributed by atoms with Gasteiger partial charge in [-0.2, -0.15) is 0 Å². The van der Waals surface area contributed by atoms with Gasteiger partial charge in [0.15, 0.2) is 0 Å². The van der Waals surface area contributed by atoms with Gasteiger partial charge in [-0.15, -0.1) is 2.88 Å². The van der Waals surface area contributed by atoms with Crippen molar-refractivity contribution < 1.29 is 23.1 Å². The van der Waals surface area contributed by atoms with Crippen LogP contribution in [-0.2, 0) is 23.1 Å². The summed E-state index contributed by atoms with van der Waals surface area (Å²) in [6.07, 6.45) is 1.10. The topological polar surface area (TPSA) is 65.1 Å². The number of rotatable bonds is 9. The maximum absolute atomic E-state index is 12.5. The Labute approximate surface area is 135 Å². The molecule has 0 rings (SSSR count). The van der Waals surface area contributed by atoms with E-state index in [4.69, 9.17) is 13.8 Å². The minimum atomic E-state index is -3.50. The van der Waals surface area contributed by atoms with Crippen LogP contribution in [0.3, 0.4) is 0 Å². The van der Waals surface area contributed by atoms with Crippen LogP contribution in [0.2, 0.25) is 0 Å². The summed E-state index contributed by atoms with van der Waals surface area (Å²) in [5.41, 5.74) is 0. The number of nitrogens with zero attached hydrogens (tertiary/aromatic N) is 1. The summed E-state index contributed by atoms with van der Waals surface area (Å²) in [5, 5.41) is 0. The van der Waals surface area contributed by atoms with E-state index in [9.17, 15) is 9.36 Å². The van der Waals surface area contributed by atoms with Crippen molar-refractivity contribution in [2.75, 3.05) is 7.11 Å². The fraction of sp³-hybridized carbons (Fsp3) is 0.917. The smallest absolute Gasteiger partial charge is 0.417 e. The SMILES string of the molecule is CCC(CC)OC(=O)C(C)N(I)P(=O)(OC)OC(C)C. The van der Waals surface area contributed by atoms with Crippen LogP contribution in [0.4, 0.5) is 0 Å². The number of esters is 1. The quantitative estimate of drug-likeness (QED) is 0.243. The summed E-state index contributed by atoms with van der Waals surface area (Å²) in [5.74, 6) is -0.433. The molecule has 0 aromatic heterocycles. The molecule has 0 aliphatic rings. The largest absolute Gasteiger partial charge is 0.461 e. The molecule has 0 aliphatic heterocycles. The number of carbonyl (C=O) groups excluding carboxylic acids is 1. The summed E-state index contributed by atoms with van der Waals surface area (Å²) >= 11 is 1.79. The molecule has 8 heteroatoms. The van der Waals surface area contributed by atoms with E-state index in [0.717, 1.165) is 12.8 Å². The third-order valence-corrected chi connectivity index (χ3v) is 7.05. The second kappa shape index (κ2) is 9.35. The molecule has 0 saturated heterocycles. The van der Waals surface area contributed by atoms with Crippen molar-refractivity contribution >= 4 is 36.6 Å². The van der Waals surface area contributed by atoms with Crippen molar-refractivity contribution in [3.05, 3.63) is 0 Å². The zero-order chi connectivity index (χ0) is 15.9. The zero-order valence-corrected chi connectivity index (χ0v) is 16.0. The second-order valence-corrected chi connectivity index (χ2v) is 8.39. The lowest BCUT2D eigenvalue weighted by atomic mass is 10.2. The molecular weight excluding hydrogens is 396 g/mol. The Bertz CT molecular complexity index is 349. The third kappa shape index (κ3) is 5.97. The number of hydrogen-bond acceptors (Lipinski definition) is 5. The monoisotopic (exact) mass is 421 g/mol. The van der Waals surface area contributed by atoms with Gasteiger partial charge in [0.05, 0.1) is 6.10 Å². The minimum Gasteiger partial charge on any atom is -0.461 e. The van der Waals surface area contributed by atoms with E-state index in [1.165, 1.54) is 9.99 Å². The fourth-order valence-corrected chi connectivity index (χ4v) is 3.89. The Morgan fingerprint density at radius 3 is 2.10 bits per heavy atom. The number of halogens is 1. The van der Waals surface area contributed by atoms with E-state index >= 15 is 0 Å². The molecule has 0 heterocycles. The first-order valence-electron chi connectivity index (χ1n) is 6.71.